The largest absolute Gasteiger partial charge is 0.444 e. The molecule has 0 rings (SSSR count). The maximum Gasteiger partial charge on any atom is 0.410 e. The third-order valence-electron chi connectivity index (χ3n) is 2.27. The summed E-state index contributed by atoms with van der Waals surface area (Å²) < 4.78 is 5.34. The van der Waals surface area contributed by atoms with Gasteiger partial charge in [0.25, 0.3) is 0 Å². The average molecular weight is 245 g/mol. The summed E-state index contributed by atoms with van der Waals surface area (Å²) in [6, 6.07) is 0.110. The normalized spacial score (nSPS) is 13.6. The van der Waals surface area contributed by atoms with Crippen LogP contribution in [0.25, 0.3) is 0 Å². The summed E-state index contributed by atoms with van der Waals surface area (Å²) >= 11 is 0. The molecule has 4 heteroatoms. The van der Waals surface area contributed by atoms with Crippen LogP contribution >= 0.6 is 0 Å². The maximum absolute atomic E-state index is 11.9. The molecule has 0 bridgehead atoms. The number of rotatable bonds is 5. The molecular formula is C13H27NO3. The van der Waals surface area contributed by atoms with Gasteiger partial charge in [-0.1, -0.05) is 0 Å². The Morgan fingerprint density at radius 1 is 1.29 bits per heavy atom. The highest BCUT2D eigenvalue weighted by atomic mass is 16.6. The zero-order chi connectivity index (χ0) is 13.6. The number of amides is 1. The first-order valence-electron chi connectivity index (χ1n) is 6.31. The predicted octanol–water partition coefficient (Wildman–Crippen LogP) is 2.79. The van der Waals surface area contributed by atoms with Crippen LogP contribution in [0.5, 0.6) is 0 Å². The van der Waals surface area contributed by atoms with Crippen LogP contribution in [0.15, 0.2) is 0 Å². The molecule has 102 valence electrons. The summed E-state index contributed by atoms with van der Waals surface area (Å²) in [4.78, 5) is 13.6. The molecule has 1 amide bonds. The summed E-state index contributed by atoms with van der Waals surface area (Å²) in [5.41, 5.74) is -0.464. The quantitative estimate of drug-likeness (QED) is 0.810. The van der Waals surface area contributed by atoms with Crippen LogP contribution < -0.4 is 0 Å². The fraction of sp³-hybridized carbons (Fsp3) is 0.923. The van der Waals surface area contributed by atoms with Crippen molar-refractivity contribution in [2.75, 3.05) is 6.54 Å². The molecule has 0 spiro atoms. The zero-order valence-electron chi connectivity index (χ0n) is 12.0. The highest BCUT2D eigenvalue weighted by molar-refractivity contribution is 5.68. The fourth-order valence-corrected chi connectivity index (χ4v) is 1.44. The van der Waals surface area contributed by atoms with Gasteiger partial charge in [0.15, 0.2) is 0 Å². The first-order valence-corrected chi connectivity index (χ1v) is 6.31. The van der Waals surface area contributed by atoms with E-state index in [1.54, 1.807) is 11.8 Å². The van der Waals surface area contributed by atoms with Crippen LogP contribution in [0.1, 0.15) is 54.4 Å². The first kappa shape index (κ1) is 16.2. The number of nitrogens with zero attached hydrogens (tertiary/aromatic N) is 1. The highest BCUT2D eigenvalue weighted by Crippen LogP contribution is 2.13. The number of hydrogen-bond acceptors (Lipinski definition) is 3. The Hall–Kier alpha value is -0.770. The molecule has 17 heavy (non-hydrogen) atoms. The number of aliphatic hydroxyl groups is 1. The number of aliphatic hydroxyl groups excluding tert-OH is 1. The van der Waals surface area contributed by atoms with Gasteiger partial charge in [-0.3, -0.25) is 0 Å². The Balaban J connectivity index is 4.28. The van der Waals surface area contributed by atoms with Crippen LogP contribution in [0.3, 0.4) is 0 Å². The summed E-state index contributed by atoms with van der Waals surface area (Å²) in [6.07, 6.45) is 0.891. The van der Waals surface area contributed by atoms with Crippen molar-refractivity contribution in [3.8, 4) is 0 Å². The lowest BCUT2D eigenvalue weighted by Crippen LogP contribution is -2.41. The van der Waals surface area contributed by atoms with E-state index in [2.05, 4.69) is 0 Å². The SMILES string of the molecule is CC(C)N(CCC[C@H](C)O)C(=O)OC(C)(C)C. The Morgan fingerprint density at radius 2 is 1.82 bits per heavy atom. The van der Waals surface area contributed by atoms with Gasteiger partial charge < -0.3 is 14.7 Å². The van der Waals surface area contributed by atoms with Gasteiger partial charge in [-0.25, -0.2) is 4.79 Å². The predicted molar refractivity (Wildman–Crippen MR) is 69.0 cm³/mol. The van der Waals surface area contributed by atoms with Crippen molar-refractivity contribution in [3.63, 3.8) is 0 Å². The number of ether oxygens (including phenoxy) is 1. The Kier molecular flexibility index (Phi) is 6.53. The van der Waals surface area contributed by atoms with Crippen LogP contribution in [0.2, 0.25) is 0 Å². The lowest BCUT2D eigenvalue weighted by Gasteiger charge is -2.30. The molecule has 0 aromatic heterocycles. The van der Waals surface area contributed by atoms with Crippen molar-refractivity contribution >= 4 is 6.09 Å². The summed E-state index contributed by atoms with van der Waals surface area (Å²) in [6.45, 7) is 11.9. The van der Waals surface area contributed by atoms with E-state index in [4.69, 9.17) is 4.74 Å². The summed E-state index contributed by atoms with van der Waals surface area (Å²) in [7, 11) is 0. The zero-order valence-corrected chi connectivity index (χ0v) is 12.0. The second-order valence-electron chi connectivity index (χ2n) is 5.76. The van der Waals surface area contributed by atoms with Crippen LogP contribution in [0, 0.1) is 0 Å². The van der Waals surface area contributed by atoms with Crippen molar-refractivity contribution in [2.24, 2.45) is 0 Å². The van der Waals surface area contributed by atoms with Gasteiger partial charge in [-0.15, -0.1) is 0 Å². The minimum absolute atomic E-state index is 0.110. The molecule has 0 unspecified atom stereocenters. The molecule has 0 saturated heterocycles. The van der Waals surface area contributed by atoms with E-state index in [-0.39, 0.29) is 18.2 Å². The molecular weight excluding hydrogens is 218 g/mol. The highest BCUT2D eigenvalue weighted by Gasteiger charge is 2.23. The Bertz CT molecular complexity index is 231. The smallest absolute Gasteiger partial charge is 0.410 e. The number of carbonyl (C=O) groups is 1. The summed E-state index contributed by atoms with van der Waals surface area (Å²) in [5, 5.41) is 9.19. The van der Waals surface area contributed by atoms with Crippen LogP contribution in [0.4, 0.5) is 4.79 Å². The Morgan fingerprint density at radius 3 is 2.18 bits per heavy atom. The lowest BCUT2D eigenvalue weighted by molar-refractivity contribution is 0.0180. The van der Waals surface area contributed by atoms with Crippen molar-refractivity contribution in [3.05, 3.63) is 0 Å². The third kappa shape index (κ3) is 8.02. The molecule has 0 fully saturated rings. The van der Waals surface area contributed by atoms with Gasteiger partial charge in [0, 0.05) is 12.6 Å². The fourth-order valence-electron chi connectivity index (χ4n) is 1.44. The molecule has 0 aliphatic carbocycles. The van der Waals surface area contributed by atoms with Crippen molar-refractivity contribution in [1.82, 2.24) is 4.90 Å². The summed E-state index contributed by atoms with van der Waals surface area (Å²) in [5.74, 6) is 0. The van der Waals surface area contributed by atoms with E-state index in [1.807, 2.05) is 34.6 Å². The van der Waals surface area contributed by atoms with Crippen molar-refractivity contribution in [2.45, 2.75) is 72.1 Å². The second-order valence-corrected chi connectivity index (χ2v) is 5.76. The lowest BCUT2D eigenvalue weighted by atomic mass is 10.2. The van der Waals surface area contributed by atoms with Gasteiger partial charge in [-0.05, 0) is 54.4 Å². The molecule has 0 heterocycles. The van der Waals surface area contributed by atoms with E-state index in [9.17, 15) is 9.90 Å². The maximum atomic E-state index is 11.9. The van der Waals surface area contributed by atoms with Gasteiger partial charge in [0.2, 0.25) is 0 Å². The minimum atomic E-state index is -0.464. The van der Waals surface area contributed by atoms with Gasteiger partial charge in [0.1, 0.15) is 5.60 Å². The molecule has 0 aromatic rings. The Labute approximate surface area is 105 Å². The molecule has 1 atom stereocenters. The van der Waals surface area contributed by atoms with Gasteiger partial charge in [-0.2, -0.15) is 0 Å². The van der Waals surface area contributed by atoms with E-state index in [0.29, 0.717) is 13.0 Å². The van der Waals surface area contributed by atoms with Crippen molar-refractivity contribution in [1.29, 1.82) is 0 Å². The number of carbonyl (C=O) groups excluding carboxylic acids is 1. The standard InChI is InChI=1S/C13H27NO3/c1-10(2)14(9-7-8-11(3)15)12(16)17-13(4,5)6/h10-11,15H,7-9H2,1-6H3/t11-/m0/s1. The third-order valence-corrected chi connectivity index (χ3v) is 2.27. The van der Waals surface area contributed by atoms with E-state index >= 15 is 0 Å². The molecule has 0 radical (unpaired) electrons. The number of hydrogen-bond donors (Lipinski definition) is 1. The van der Waals surface area contributed by atoms with E-state index in [0.717, 1.165) is 6.42 Å². The van der Waals surface area contributed by atoms with Gasteiger partial charge in [0.05, 0.1) is 6.10 Å². The molecule has 0 saturated carbocycles. The molecule has 1 N–H and O–H groups in total. The topological polar surface area (TPSA) is 49.8 Å². The molecule has 4 nitrogen and oxygen atoms in total. The van der Waals surface area contributed by atoms with E-state index in [1.165, 1.54) is 0 Å². The van der Waals surface area contributed by atoms with Crippen LogP contribution in [-0.4, -0.2) is 40.4 Å². The van der Waals surface area contributed by atoms with Gasteiger partial charge >= 0.3 is 6.09 Å². The van der Waals surface area contributed by atoms with Crippen molar-refractivity contribution < 1.29 is 14.6 Å². The monoisotopic (exact) mass is 245 g/mol. The second kappa shape index (κ2) is 6.84. The average Bonchev–Trinajstić information content (AvgIpc) is 2.07. The molecule has 0 aliphatic rings. The minimum Gasteiger partial charge on any atom is -0.444 e. The first-order chi connectivity index (χ1) is 7.63. The molecule has 0 aliphatic heterocycles. The molecule has 0 aromatic carbocycles. The van der Waals surface area contributed by atoms with Crippen LogP contribution in [-0.2, 0) is 4.74 Å². The van der Waals surface area contributed by atoms with E-state index < -0.39 is 5.60 Å².